The van der Waals surface area contributed by atoms with Crippen LogP contribution < -0.4 is 2.89 Å². The summed E-state index contributed by atoms with van der Waals surface area (Å²) in [5.74, 6) is 0.742. The maximum atomic E-state index is 4.31. The fourth-order valence-electron chi connectivity index (χ4n) is 0.768. The number of rotatable bonds is 2. The molecule has 1 aromatic rings. The fourth-order valence-corrected chi connectivity index (χ4v) is 3.05. The normalized spacial score (nSPS) is 10.8. The number of aromatic nitrogens is 1. The van der Waals surface area contributed by atoms with E-state index >= 15 is 0 Å². The van der Waals surface area contributed by atoms with Crippen LogP contribution in [0.5, 0.6) is 0 Å². The Labute approximate surface area is 79.0 Å². The molecule has 1 rings (SSSR count). The van der Waals surface area contributed by atoms with Gasteiger partial charge in [-0.05, 0) is 0 Å². The first-order valence-corrected chi connectivity index (χ1v) is 5.85. The van der Waals surface area contributed by atoms with Crippen molar-refractivity contribution in [1.82, 2.24) is 4.98 Å². The van der Waals surface area contributed by atoms with Gasteiger partial charge in [-0.15, -0.1) is 0 Å². The molecule has 0 fully saturated rings. The van der Waals surface area contributed by atoms with Gasteiger partial charge in [-0.2, -0.15) is 0 Å². The first kappa shape index (κ1) is 8.52. The van der Waals surface area contributed by atoms with Gasteiger partial charge in [-0.3, -0.25) is 0 Å². The second-order valence-electron chi connectivity index (χ2n) is 2.75. The van der Waals surface area contributed by atoms with Gasteiger partial charge in [-0.25, -0.2) is 0 Å². The Morgan fingerprint density at radius 2 is 2.40 bits per heavy atom. The van der Waals surface area contributed by atoms with Crippen LogP contribution in [0.15, 0.2) is 6.20 Å². The van der Waals surface area contributed by atoms with Crippen LogP contribution >= 0.6 is 11.3 Å². The molecule has 0 aliphatic heterocycles. The molecule has 1 nitrogen and oxygen atoms in total. The Kier molecular flexibility index (Phi) is 3.17. The Hall–Kier alpha value is 0.429. The van der Waals surface area contributed by atoms with Gasteiger partial charge in [0.2, 0.25) is 0 Å². The van der Waals surface area contributed by atoms with Crippen molar-refractivity contribution < 1.29 is 0 Å². The molecular weight excluding hydrogens is 249 g/mol. The standard InChI is InChI=1S/C7H10NS.Sn.H/c1-6(2)5-7-8-3-4-9-7;;/h3,6H,5H2,1-2H3;;. The summed E-state index contributed by atoms with van der Waals surface area (Å²) in [5.41, 5.74) is 0. The van der Waals surface area contributed by atoms with Crippen LogP contribution in [0.1, 0.15) is 18.9 Å². The van der Waals surface area contributed by atoms with Crippen LogP contribution in [0.3, 0.4) is 0 Å². The van der Waals surface area contributed by atoms with E-state index in [1.165, 1.54) is 30.4 Å². The third-order valence-electron chi connectivity index (χ3n) is 1.15. The third kappa shape index (κ3) is 2.58. The summed E-state index contributed by atoms with van der Waals surface area (Å²) in [7, 11) is 0. The topological polar surface area (TPSA) is 12.9 Å². The van der Waals surface area contributed by atoms with Gasteiger partial charge in [0.05, 0.1) is 0 Å². The van der Waals surface area contributed by atoms with Crippen LogP contribution in [0.4, 0.5) is 0 Å². The first-order chi connectivity index (χ1) is 4.68. The molecule has 0 unspecified atom stereocenters. The molecule has 0 saturated heterocycles. The van der Waals surface area contributed by atoms with E-state index in [0.29, 0.717) is 0 Å². The van der Waals surface area contributed by atoms with Gasteiger partial charge in [-0.1, -0.05) is 0 Å². The van der Waals surface area contributed by atoms with E-state index in [1.807, 2.05) is 17.5 Å². The predicted molar refractivity (Wildman–Crippen MR) is 47.4 cm³/mol. The fraction of sp³-hybridized carbons (Fsp3) is 0.571. The van der Waals surface area contributed by atoms with Crippen molar-refractivity contribution in [3.63, 3.8) is 0 Å². The molecule has 0 spiro atoms. The van der Waals surface area contributed by atoms with Crippen LogP contribution in [-0.2, 0) is 6.42 Å². The summed E-state index contributed by atoms with van der Waals surface area (Å²) < 4.78 is 1.45. The Bertz CT molecular complexity index is 207. The minimum atomic E-state index is 0.742. The zero-order valence-corrected chi connectivity index (χ0v) is 10.4. The average Bonchev–Trinajstić information content (AvgIpc) is 2.13. The zero-order valence-electron chi connectivity index (χ0n) is 6.29. The van der Waals surface area contributed by atoms with Crippen molar-refractivity contribution in [1.29, 1.82) is 0 Å². The summed E-state index contributed by atoms with van der Waals surface area (Å²) in [6.45, 7) is 4.46. The van der Waals surface area contributed by atoms with Gasteiger partial charge in [0.1, 0.15) is 0 Å². The molecule has 2 radical (unpaired) electrons. The van der Waals surface area contributed by atoms with Gasteiger partial charge < -0.3 is 0 Å². The summed E-state index contributed by atoms with van der Waals surface area (Å²) in [6.07, 6.45) is 3.15. The van der Waals surface area contributed by atoms with E-state index in [-0.39, 0.29) is 0 Å². The summed E-state index contributed by atoms with van der Waals surface area (Å²) >= 11 is 3.07. The number of thiazole rings is 1. The number of hydrogen-bond acceptors (Lipinski definition) is 2. The maximum absolute atomic E-state index is 4.31. The van der Waals surface area contributed by atoms with E-state index in [1.54, 1.807) is 0 Å². The van der Waals surface area contributed by atoms with Crippen molar-refractivity contribution >= 4 is 36.8 Å². The number of nitrogens with zero attached hydrogens (tertiary/aromatic N) is 1. The number of hydrogen-bond donors (Lipinski definition) is 0. The molecule has 0 aliphatic rings. The molecule has 0 amide bonds. The SMILES string of the molecule is CC(C)Cc1nc[c]([SnH])s1. The van der Waals surface area contributed by atoms with Gasteiger partial charge in [0.25, 0.3) is 0 Å². The van der Waals surface area contributed by atoms with E-state index in [4.69, 9.17) is 0 Å². The van der Waals surface area contributed by atoms with Gasteiger partial charge in [0.15, 0.2) is 0 Å². The van der Waals surface area contributed by atoms with Crippen molar-refractivity contribution in [3.8, 4) is 0 Å². The van der Waals surface area contributed by atoms with Crippen molar-refractivity contribution in [2.45, 2.75) is 20.3 Å². The summed E-state index contributed by atoms with van der Waals surface area (Å²) in [4.78, 5) is 4.31. The van der Waals surface area contributed by atoms with Crippen LogP contribution in [0.25, 0.3) is 0 Å². The van der Waals surface area contributed by atoms with Crippen LogP contribution in [0, 0.1) is 5.92 Å². The van der Waals surface area contributed by atoms with Crippen LogP contribution in [0.2, 0.25) is 0 Å². The van der Waals surface area contributed by atoms with Crippen molar-refractivity contribution in [2.75, 3.05) is 0 Å². The molecule has 1 heterocycles. The molecule has 0 atom stereocenters. The van der Waals surface area contributed by atoms with Crippen molar-refractivity contribution in [3.05, 3.63) is 11.2 Å². The summed E-state index contributed by atoms with van der Waals surface area (Å²) in [6, 6.07) is 0. The average molecular weight is 260 g/mol. The van der Waals surface area contributed by atoms with E-state index < -0.39 is 0 Å². The molecule has 10 heavy (non-hydrogen) atoms. The first-order valence-electron chi connectivity index (χ1n) is 3.38. The summed E-state index contributed by atoms with van der Waals surface area (Å²) in [5, 5.41) is 1.30. The van der Waals surface area contributed by atoms with Gasteiger partial charge >= 0.3 is 79.1 Å². The second-order valence-corrected chi connectivity index (χ2v) is 6.87. The molecule has 0 N–H and O–H groups in total. The molecular formula is C7H11NSSn. The molecule has 0 saturated carbocycles. The Morgan fingerprint density at radius 1 is 1.70 bits per heavy atom. The molecule has 3 heteroatoms. The zero-order chi connectivity index (χ0) is 7.56. The van der Waals surface area contributed by atoms with Crippen molar-refractivity contribution in [2.24, 2.45) is 5.92 Å². The quantitative estimate of drug-likeness (QED) is 0.719. The van der Waals surface area contributed by atoms with E-state index in [2.05, 4.69) is 18.8 Å². The van der Waals surface area contributed by atoms with Gasteiger partial charge in [0, 0.05) is 0 Å². The monoisotopic (exact) mass is 261 g/mol. The third-order valence-corrected chi connectivity index (χ3v) is 3.44. The minimum absolute atomic E-state index is 0.742. The van der Waals surface area contributed by atoms with Crippen LogP contribution in [-0.4, -0.2) is 27.5 Å². The molecule has 54 valence electrons. The Morgan fingerprint density at radius 3 is 2.80 bits per heavy atom. The van der Waals surface area contributed by atoms with E-state index in [0.717, 1.165) is 12.3 Å². The van der Waals surface area contributed by atoms with E-state index in [9.17, 15) is 0 Å². The second kappa shape index (κ2) is 3.71. The Balaban J connectivity index is 2.58. The molecule has 0 bridgehead atoms. The predicted octanol–water partition coefficient (Wildman–Crippen LogP) is 0.868. The molecule has 0 aromatic carbocycles. The molecule has 0 aliphatic carbocycles. The molecule has 1 aromatic heterocycles.